The van der Waals surface area contributed by atoms with E-state index in [4.69, 9.17) is 9.84 Å². The zero-order valence-electron chi connectivity index (χ0n) is 13.8. The normalized spacial score (nSPS) is 11.7. The average Bonchev–Trinajstić information content (AvgIpc) is 3.01. The van der Waals surface area contributed by atoms with Crippen molar-refractivity contribution in [2.75, 3.05) is 18.4 Å². The summed E-state index contributed by atoms with van der Waals surface area (Å²) < 4.78 is 34.3. The largest absolute Gasteiger partial charge is 0.477 e. The van der Waals surface area contributed by atoms with Crippen molar-refractivity contribution in [3.05, 3.63) is 27.9 Å². The molecule has 0 unspecified atom stereocenters. The molecule has 0 aliphatic heterocycles. The molecule has 2 aromatic rings. The van der Waals surface area contributed by atoms with E-state index in [-0.39, 0.29) is 9.09 Å². The number of carbonyl (C=O) groups is 1. The van der Waals surface area contributed by atoms with Crippen LogP contribution in [0.25, 0.3) is 0 Å². The zero-order valence-corrected chi connectivity index (χ0v) is 15.4. The standard InChI is InChI=1S/C14H19N3O5S2/c1-8-7-11(23-13(8)14(18)19)24(20,21)16-12-9(2)15-17(10(12)3)5-6-22-4/h7,16H,5-6H2,1-4H3,(H,18,19). The number of nitrogens with zero attached hydrogens (tertiary/aromatic N) is 2. The molecule has 0 aromatic carbocycles. The predicted octanol–water partition coefficient (Wildman–Crippen LogP) is 2.02. The number of sulfonamides is 1. The van der Waals surface area contributed by atoms with E-state index in [9.17, 15) is 13.2 Å². The van der Waals surface area contributed by atoms with Crippen molar-refractivity contribution in [2.45, 2.75) is 31.5 Å². The summed E-state index contributed by atoms with van der Waals surface area (Å²) in [6.07, 6.45) is 0. The van der Waals surface area contributed by atoms with E-state index in [0.29, 0.717) is 35.8 Å². The lowest BCUT2D eigenvalue weighted by molar-refractivity contribution is 0.0701. The van der Waals surface area contributed by atoms with Gasteiger partial charge >= 0.3 is 5.97 Å². The second kappa shape index (κ2) is 6.91. The number of thiophene rings is 1. The molecule has 0 saturated heterocycles. The van der Waals surface area contributed by atoms with E-state index in [1.807, 2.05) is 0 Å². The molecule has 0 aliphatic rings. The average molecular weight is 373 g/mol. The Morgan fingerprint density at radius 2 is 2.08 bits per heavy atom. The van der Waals surface area contributed by atoms with Crippen molar-refractivity contribution in [3.8, 4) is 0 Å². The molecule has 0 aliphatic carbocycles. The lowest BCUT2D eigenvalue weighted by Gasteiger charge is -2.07. The van der Waals surface area contributed by atoms with Gasteiger partial charge in [0.05, 0.1) is 30.2 Å². The van der Waals surface area contributed by atoms with Crippen LogP contribution in [0.2, 0.25) is 0 Å². The Balaban J connectivity index is 2.34. The third kappa shape index (κ3) is 3.60. The maximum absolute atomic E-state index is 12.6. The van der Waals surface area contributed by atoms with Gasteiger partial charge in [0.1, 0.15) is 9.09 Å². The molecule has 0 atom stereocenters. The highest BCUT2D eigenvalue weighted by Crippen LogP contribution is 2.29. The molecule has 2 aromatic heterocycles. The molecule has 8 nitrogen and oxygen atoms in total. The second-order valence-electron chi connectivity index (χ2n) is 5.25. The van der Waals surface area contributed by atoms with Crippen molar-refractivity contribution < 1.29 is 23.1 Å². The van der Waals surface area contributed by atoms with Crippen LogP contribution < -0.4 is 4.72 Å². The fourth-order valence-corrected chi connectivity index (χ4v) is 4.78. The number of carboxylic acid groups (broad SMARTS) is 1. The molecule has 0 fully saturated rings. The van der Waals surface area contributed by atoms with Crippen molar-refractivity contribution in [2.24, 2.45) is 0 Å². The number of aromatic nitrogens is 2. The van der Waals surface area contributed by atoms with Crippen LogP contribution in [0.4, 0.5) is 5.69 Å². The molecule has 2 heterocycles. The van der Waals surface area contributed by atoms with Gasteiger partial charge in [-0.3, -0.25) is 9.40 Å². The lowest BCUT2D eigenvalue weighted by atomic mass is 10.3. The zero-order chi connectivity index (χ0) is 18.1. The Morgan fingerprint density at radius 1 is 1.42 bits per heavy atom. The maximum atomic E-state index is 12.6. The molecule has 132 valence electrons. The summed E-state index contributed by atoms with van der Waals surface area (Å²) in [5.41, 5.74) is 2.02. The van der Waals surface area contributed by atoms with Gasteiger partial charge in [-0.15, -0.1) is 11.3 Å². The number of nitrogens with one attached hydrogen (secondary N) is 1. The van der Waals surface area contributed by atoms with Crippen LogP contribution in [0, 0.1) is 20.8 Å². The van der Waals surface area contributed by atoms with Crippen molar-refractivity contribution >= 4 is 33.0 Å². The van der Waals surface area contributed by atoms with Gasteiger partial charge in [-0.1, -0.05) is 0 Å². The summed E-state index contributed by atoms with van der Waals surface area (Å²) >= 11 is 0.729. The first kappa shape index (κ1) is 18.4. The SMILES string of the molecule is COCCn1nc(C)c(NS(=O)(=O)c2cc(C)c(C(=O)O)s2)c1C. The highest BCUT2D eigenvalue weighted by atomic mass is 32.2. The Bertz CT molecular complexity index is 867. The summed E-state index contributed by atoms with van der Waals surface area (Å²) in [7, 11) is -2.30. The van der Waals surface area contributed by atoms with E-state index in [1.165, 1.54) is 6.07 Å². The number of aromatic carboxylic acids is 1. The van der Waals surface area contributed by atoms with E-state index < -0.39 is 16.0 Å². The summed E-state index contributed by atoms with van der Waals surface area (Å²) in [4.78, 5) is 11.1. The smallest absolute Gasteiger partial charge is 0.346 e. The highest BCUT2D eigenvalue weighted by Gasteiger charge is 2.24. The Labute approximate surface area is 144 Å². The molecule has 2 N–H and O–H groups in total. The molecular formula is C14H19N3O5S2. The molecular weight excluding hydrogens is 354 g/mol. The van der Waals surface area contributed by atoms with Gasteiger partial charge in [-0.2, -0.15) is 5.10 Å². The molecule has 0 bridgehead atoms. The minimum atomic E-state index is -3.88. The summed E-state index contributed by atoms with van der Waals surface area (Å²) in [5.74, 6) is -1.14. The summed E-state index contributed by atoms with van der Waals surface area (Å²) in [5, 5.41) is 13.4. The number of carboxylic acids is 1. The van der Waals surface area contributed by atoms with Gasteiger partial charge in [-0.25, -0.2) is 13.2 Å². The first-order chi connectivity index (χ1) is 11.2. The van der Waals surface area contributed by atoms with Crippen molar-refractivity contribution in [1.82, 2.24) is 9.78 Å². The fraction of sp³-hybridized carbons (Fsp3) is 0.429. The van der Waals surface area contributed by atoms with Gasteiger partial charge in [0.25, 0.3) is 10.0 Å². The number of ether oxygens (including phenoxy) is 1. The second-order valence-corrected chi connectivity index (χ2v) is 8.21. The number of aryl methyl sites for hydroxylation is 2. The molecule has 0 saturated carbocycles. The quantitative estimate of drug-likeness (QED) is 0.768. The minimum absolute atomic E-state index is 0.0135. The topological polar surface area (TPSA) is 111 Å². The number of anilines is 1. The molecule has 24 heavy (non-hydrogen) atoms. The van der Waals surface area contributed by atoms with Crippen LogP contribution >= 0.6 is 11.3 Å². The van der Waals surface area contributed by atoms with Crippen molar-refractivity contribution in [1.29, 1.82) is 0 Å². The number of rotatable bonds is 7. The van der Waals surface area contributed by atoms with Gasteiger partial charge in [0.2, 0.25) is 0 Å². The van der Waals surface area contributed by atoms with Crippen LogP contribution in [0.15, 0.2) is 10.3 Å². The molecule has 0 amide bonds. The Kier molecular flexibility index (Phi) is 5.31. The third-order valence-electron chi connectivity index (χ3n) is 3.48. The number of methoxy groups -OCH3 is 1. The number of hydrogen-bond donors (Lipinski definition) is 2. The molecule has 10 heteroatoms. The van der Waals surface area contributed by atoms with Crippen LogP contribution in [-0.2, 0) is 21.3 Å². The van der Waals surface area contributed by atoms with E-state index >= 15 is 0 Å². The van der Waals surface area contributed by atoms with Crippen LogP contribution in [-0.4, -0.2) is 43.0 Å². The lowest BCUT2D eigenvalue weighted by Crippen LogP contribution is -2.13. The highest BCUT2D eigenvalue weighted by molar-refractivity contribution is 7.94. The molecule has 0 radical (unpaired) electrons. The van der Waals surface area contributed by atoms with E-state index in [2.05, 4.69) is 9.82 Å². The first-order valence-electron chi connectivity index (χ1n) is 7.07. The fourth-order valence-electron chi connectivity index (χ4n) is 2.22. The van der Waals surface area contributed by atoms with Crippen molar-refractivity contribution in [3.63, 3.8) is 0 Å². The van der Waals surface area contributed by atoms with Crippen LogP contribution in [0.3, 0.4) is 0 Å². The Hall–Kier alpha value is -1.91. The summed E-state index contributed by atoms with van der Waals surface area (Å²) in [6.45, 7) is 6.00. The molecule has 2 rings (SSSR count). The third-order valence-corrected chi connectivity index (χ3v) is 6.53. The monoisotopic (exact) mass is 373 g/mol. The van der Waals surface area contributed by atoms with Gasteiger partial charge in [-0.05, 0) is 32.4 Å². The van der Waals surface area contributed by atoms with Gasteiger partial charge in [0.15, 0.2) is 0 Å². The molecule has 0 spiro atoms. The summed E-state index contributed by atoms with van der Waals surface area (Å²) in [6, 6.07) is 1.36. The predicted molar refractivity (Wildman–Crippen MR) is 90.4 cm³/mol. The number of hydrogen-bond acceptors (Lipinski definition) is 6. The minimum Gasteiger partial charge on any atom is -0.477 e. The maximum Gasteiger partial charge on any atom is 0.346 e. The van der Waals surface area contributed by atoms with Crippen LogP contribution in [0.5, 0.6) is 0 Å². The van der Waals surface area contributed by atoms with E-state index in [1.54, 1.807) is 32.6 Å². The van der Waals surface area contributed by atoms with Gasteiger partial charge < -0.3 is 9.84 Å². The van der Waals surface area contributed by atoms with Crippen LogP contribution in [0.1, 0.15) is 26.6 Å². The van der Waals surface area contributed by atoms with E-state index in [0.717, 1.165) is 11.3 Å². The first-order valence-corrected chi connectivity index (χ1v) is 9.36. The Morgan fingerprint density at radius 3 is 2.62 bits per heavy atom. The van der Waals surface area contributed by atoms with Gasteiger partial charge in [0, 0.05) is 7.11 Å².